The molecule has 1 aromatic heterocycles. The van der Waals surface area contributed by atoms with Crippen LogP contribution >= 0.6 is 11.8 Å². The van der Waals surface area contributed by atoms with Crippen molar-refractivity contribution >= 4 is 34.3 Å². The SMILES string of the molecule is CCC(=O)Nc1ccc(SCc2cccc3ccccc23)nn1. The highest BCUT2D eigenvalue weighted by Gasteiger charge is 2.04. The van der Waals surface area contributed by atoms with Crippen molar-refractivity contribution < 1.29 is 4.79 Å². The second kappa shape index (κ2) is 7.24. The molecule has 1 heterocycles. The average Bonchev–Trinajstić information content (AvgIpc) is 2.61. The van der Waals surface area contributed by atoms with E-state index in [-0.39, 0.29) is 5.91 Å². The van der Waals surface area contributed by atoms with E-state index in [0.29, 0.717) is 12.2 Å². The summed E-state index contributed by atoms with van der Waals surface area (Å²) in [5.74, 6) is 1.26. The minimum Gasteiger partial charge on any atom is -0.309 e. The molecule has 0 saturated heterocycles. The Hall–Kier alpha value is -2.40. The van der Waals surface area contributed by atoms with Crippen LogP contribution in [0.3, 0.4) is 0 Å². The maximum absolute atomic E-state index is 11.3. The summed E-state index contributed by atoms with van der Waals surface area (Å²) in [6, 6.07) is 18.4. The lowest BCUT2D eigenvalue weighted by Gasteiger charge is -2.06. The second-order valence-corrected chi connectivity index (χ2v) is 6.08. The zero-order valence-electron chi connectivity index (χ0n) is 12.8. The number of anilines is 1. The van der Waals surface area contributed by atoms with Crippen molar-refractivity contribution in [2.45, 2.75) is 24.1 Å². The first-order valence-electron chi connectivity index (χ1n) is 7.49. The summed E-state index contributed by atoms with van der Waals surface area (Å²) in [7, 11) is 0. The van der Waals surface area contributed by atoms with Gasteiger partial charge in [-0.1, -0.05) is 61.2 Å². The lowest BCUT2D eigenvalue weighted by molar-refractivity contribution is -0.115. The van der Waals surface area contributed by atoms with Crippen LogP contribution in [0.25, 0.3) is 10.8 Å². The molecule has 3 rings (SSSR count). The van der Waals surface area contributed by atoms with Crippen LogP contribution in [0.2, 0.25) is 0 Å². The van der Waals surface area contributed by atoms with Crippen LogP contribution in [-0.2, 0) is 10.5 Å². The van der Waals surface area contributed by atoms with Crippen molar-refractivity contribution in [3.05, 3.63) is 60.2 Å². The van der Waals surface area contributed by atoms with E-state index in [9.17, 15) is 4.79 Å². The fraction of sp³-hybridized carbons (Fsp3) is 0.167. The highest BCUT2D eigenvalue weighted by Crippen LogP contribution is 2.26. The van der Waals surface area contributed by atoms with Gasteiger partial charge in [0.25, 0.3) is 0 Å². The van der Waals surface area contributed by atoms with Gasteiger partial charge in [0.2, 0.25) is 5.91 Å². The lowest BCUT2D eigenvalue weighted by atomic mass is 10.1. The van der Waals surface area contributed by atoms with E-state index in [0.717, 1.165) is 10.8 Å². The van der Waals surface area contributed by atoms with Gasteiger partial charge in [-0.25, -0.2) is 0 Å². The molecule has 0 aliphatic carbocycles. The lowest BCUT2D eigenvalue weighted by Crippen LogP contribution is -2.11. The molecule has 2 aromatic carbocycles. The number of nitrogens with zero attached hydrogens (tertiary/aromatic N) is 2. The van der Waals surface area contributed by atoms with Gasteiger partial charge in [0, 0.05) is 12.2 Å². The van der Waals surface area contributed by atoms with Gasteiger partial charge in [-0.05, 0) is 28.5 Å². The minimum absolute atomic E-state index is 0.0598. The molecule has 0 unspecified atom stereocenters. The summed E-state index contributed by atoms with van der Waals surface area (Å²) < 4.78 is 0. The van der Waals surface area contributed by atoms with Gasteiger partial charge in [-0.15, -0.1) is 10.2 Å². The Morgan fingerprint density at radius 3 is 2.65 bits per heavy atom. The predicted molar refractivity (Wildman–Crippen MR) is 94.5 cm³/mol. The van der Waals surface area contributed by atoms with Crippen molar-refractivity contribution in [1.82, 2.24) is 10.2 Å². The molecule has 23 heavy (non-hydrogen) atoms. The first-order valence-corrected chi connectivity index (χ1v) is 8.48. The monoisotopic (exact) mass is 323 g/mol. The number of fused-ring (bicyclic) bond motifs is 1. The van der Waals surface area contributed by atoms with E-state index in [2.05, 4.69) is 51.9 Å². The van der Waals surface area contributed by atoms with E-state index < -0.39 is 0 Å². The maximum atomic E-state index is 11.3. The second-order valence-electron chi connectivity index (χ2n) is 5.09. The van der Waals surface area contributed by atoms with E-state index in [1.807, 2.05) is 12.1 Å². The van der Waals surface area contributed by atoms with Crippen LogP contribution in [0.5, 0.6) is 0 Å². The molecule has 0 saturated carbocycles. The van der Waals surface area contributed by atoms with E-state index in [1.54, 1.807) is 24.8 Å². The molecule has 0 aliphatic heterocycles. The number of hydrogen-bond acceptors (Lipinski definition) is 4. The summed E-state index contributed by atoms with van der Waals surface area (Å²) in [4.78, 5) is 11.3. The van der Waals surface area contributed by atoms with Gasteiger partial charge in [-0.3, -0.25) is 4.79 Å². The first kappa shape index (κ1) is 15.5. The zero-order valence-corrected chi connectivity index (χ0v) is 13.6. The third-order valence-electron chi connectivity index (χ3n) is 3.48. The van der Waals surface area contributed by atoms with Gasteiger partial charge in [0.15, 0.2) is 5.82 Å². The van der Waals surface area contributed by atoms with Crippen molar-refractivity contribution in [1.29, 1.82) is 0 Å². The molecule has 0 radical (unpaired) electrons. The summed E-state index contributed by atoms with van der Waals surface area (Å²) in [5, 5.41) is 14.2. The Balaban J connectivity index is 1.69. The van der Waals surface area contributed by atoms with Crippen molar-refractivity contribution in [3.8, 4) is 0 Å². The predicted octanol–water partition coefficient (Wildman–Crippen LogP) is 4.27. The van der Waals surface area contributed by atoms with Crippen LogP contribution in [0, 0.1) is 0 Å². The summed E-state index contributed by atoms with van der Waals surface area (Å²) >= 11 is 1.64. The minimum atomic E-state index is -0.0598. The molecule has 0 aliphatic rings. The number of hydrogen-bond donors (Lipinski definition) is 1. The Morgan fingerprint density at radius 1 is 1.04 bits per heavy atom. The van der Waals surface area contributed by atoms with Crippen molar-refractivity contribution in [2.24, 2.45) is 0 Å². The molecule has 1 N–H and O–H groups in total. The fourth-order valence-electron chi connectivity index (χ4n) is 2.26. The van der Waals surface area contributed by atoms with Crippen LogP contribution in [0.15, 0.2) is 59.6 Å². The number of rotatable bonds is 5. The molecule has 116 valence electrons. The Bertz CT molecular complexity index is 813. The summed E-state index contributed by atoms with van der Waals surface area (Å²) in [6.07, 6.45) is 0.430. The average molecular weight is 323 g/mol. The normalized spacial score (nSPS) is 10.7. The van der Waals surface area contributed by atoms with Gasteiger partial charge in [0.05, 0.1) is 0 Å². The molecule has 0 bridgehead atoms. The molecule has 0 fully saturated rings. The van der Waals surface area contributed by atoms with Crippen LogP contribution in [-0.4, -0.2) is 16.1 Å². The van der Waals surface area contributed by atoms with E-state index >= 15 is 0 Å². The maximum Gasteiger partial charge on any atom is 0.225 e. The molecule has 0 spiro atoms. The largest absolute Gasteiger partial charge is 0.309 e. The van der Waals surface area contributed by atoms with Crippen LogP contribution in [0.1, 0.15) is 18.9 Å². The van der Waals surface area contributed by atoms with E-state index in [4.69, 9.17) is 0 Å². The Labute approximate surface area is 139 Å². The number of carbonyl (C=O) groups excluding carboxylic acids is 1. The number of benzene rings is 2. The molecule has 1 amide bonds. The van der Waals surface area contributed by atoms with Crippen LogP contribution in [0.4, 0.5) is 5.82 Å². The first-order chi connectivity index (χ1) is 11.3. The summed E-state index contributed by atoms with van der Waals surface area (Å²) in [6.45, 7) is 1.80. The van der Waals surface area contributed by atoms with Gasteiger partial charge >= 0.3 is 0 Å². The standard InChI is InChI=1S/C18H17N3OS/c1-2-17(22)19-16-10-11-18(21-20-16)23-12-14-8-5-7-13-6-3-4-9-15(13)14/h3-11H,2,12H2,1H3,(H,19,20,22). The highest BCUT2D eigenvalue weighted by atomic mass is 32.2. The van der Waals surface area contributed by atoms with Gasteiger partial charge in [0.1, 0.15) is 5.03 Å². The van der Waals surface area contributed by atoms with E-state index in [1.165, 1.54) is 16.3 Å². The zero-order chi connectivity index (χ0) is 16.1. The smallest absolute Gasteiger partial charge is 0.225 e. The van der Waals surface area contributed by atoms with Crippen molar-refractivity contribution in [3.63, 3.8) is 0 Å². The number of carbonyl (C=O) groups is 1. The van der Waals surface area contributed by atoms with Gasteiger partial charge in [-0.2, -0.15) is 0 Å². The number of nitrogens with one attached hydrogen (secondary N) is 1. The third-order valence-corrected chi connectivity index (χ3v) is 4.45. The molecule has 5 heteroatoms. The summed E-state index contributed by atoms with van der Waals surface area (Å²) in [5.41, 5.74) is 1.28. The molecular weight excluding hydrogens is 306 g/mol. The highest BCUT2D eigenvalue weighted by molar-refractivity contribution is 7.98. The topological polar surface area (TPSA) is 54.9 Å². The van der Waals surface area contributed by atoms with Gasteiger partial charge < -0.3 is 5.32 Å². The Kier molecular flexibility index (Phi) is 4.88. The number of amides is 1. The molecule has 4 nitrogen and oxygen atoms in total. The molecular formula is C18H17N3OS. The third kappa shape index (κ3) is 3.87. The molecule has 0 atom stereocenters. The number of thioether (sulfide) groups is 1. The quantitative estimate of drug-likeness (QED) is 0.712. The number of aromatic nitrogens is 2. The van der Waals surface area contributed by atoms with Crippen LogP contribution < -0.4 is 5.32 Å². The molecule has 3 aromatic rings. The van der Waals surface area contributed by atoms with Crippen molar-refractivity contribution in [2.75, 3.05) is 5.32 Å². The fourth-order valence-corrected chi connectivity index (χ4v) is 3.08. The Morgan fingerprint density at radius 2 is 1.87 bits per heavy atom.